The van der Waals surface area contributed by atoms with Crippen molar-refractivity contribution in [3.63, 3.8) is 0 Å². The van der Waals surface area contributed by atoms with Crippen LogP contribution in [0.25, 0.3) is 11.3 Å². The summed E-state index contributed by atoms with van der Waals surface area (Å²) in [6.45, 7) is 3.50. The van der Waals surface area contributed by atoms with E-state index < -0.39 is 5.91 Å². The lowest BCUT2D eigenvalue weighted by molar-refractivity contribution is 0.102. The van der Waals surface area contributed by atoms with E-state index in [4.69, 9.17) is 16.2 Å². The number of nitrogens with two attached hydrogens (primary N) is 2. The van der Waals surface area contributed by atoms with Gasteiger partial charge in [-0.25, -0.2) is 9.97 Å². The number of aromatic nitrogens is 3. The molecule has 0 saturated carbocycles. The molecule has 0 radical (unpaired) electrons. The van der Waals surface area contributed by atoms with Crippen molar-refractivity contribution in [2.45, 2.75) is 12.5 Å². The van der Waals surface area contributed by atoms with Gasteiger partial charge in [-0.15, -0.1) is 0 Å². The first-order valence-electron chi connectivity index (χ1n) is 10.9. The van der Waals surface area contributed by atoms with Crippen LogP contribution in [-0.2, 0) is 11.2 Å². The van der Waals surface area contributed by atoms with Gasteiger partial charge in [0.2, 0.25) is 0 Å². The number of ether oxygens (including phenoxy) is 1. The van der Waals surface area contributed by atoms with Gasteiger partial charge in [-0.2, -0.15) is 0 Å². The number of nitrogens with zero attached hydrogens (tertiary/aromatic N) is 4. The smallest absolute Gasteiger partial charge is 0.278 e. The van der Waals surface area contributed by atoms with E-state index in [0.29, 0.717) is 24.6 Å². The van der Waals surface area contributed by atoms with Gasteiger partial charge in [-0.05, 0) is 30.2 Å². The van der Waals surface area contributed by atoms with Crippen molar-refractivity contribution < 1.29 is 9.53 Å². The zero-order valence-electron chi connectivity index (χ0n) is 18.1. The monoisotopic (exact) mass is 446 g/mol. The van der Waals surface area contributed by atoms with Crippen molar-refractivity contribution in [3.8, 4) is 11.3 Å². The van der Waals surface area contributed by atoms with Crippen LogP contribution in [0.5, 0.6) is 0 Å². The Kier molecular flexibility index (Phi) is 5.76. The minimum absolute atomic E-state index is 0.0618. The molecule has 2 aliphatic heterocycles. The second-order valence-corrected chi connectivity index (χ2v) is 8.15. The topological polar surface area (TPSA) is 144 Å². The summed E-state index contributed by atoms with van der Waals surface area (Å²) in [7, 11) is 0. The minimum atomic E-state index is -0.439. The Morgan fingerprint density at radius 3 is 2.91 bits per heavy atom. The molecule has 5 rings (SSSR count). The third kappa shape index (κ3) is 4.43. The first-order chi connectivity index (χ1) is 16.1. The highest BCUT2D eigenvalue weighted by atomic mass is 16.5. The lowest BCUT2D eigenvalue weighted by Crippen LogP contribution is -2.36. The van der Waals surface area contributed by atoms with E-state index >= 15 is 0 Å². The van der Waals surface area contributed by atoms with E-state index in [9.17, 15) is 4.79 Å². The van der Waals surface area contributed by atoms with E-state index in [0.717, 1.165) is 48.6 Å². The van der Waals surface area contributed by atoms with Crippen LogP contribution in [0.3, 0.4) is 0 Å². The second kappa shape index (κ2) is 9.00. The SMILES string of the molecule is Nc1ncc(-c2ccc3c(c2)CC(N)CN3)nc1C(=O)Nc1cnccc1N1CCOCC1. The first kappa shape index (κ1) is 21.1. The van der Waals surface area contributed by atoms with E-state index in [2.05, 4.69) is 30.5 Å². The number of carbonyl (C=O) groups excluding carboxylic acids is 1. The quantitative estimate of drug-likeness (QED) is 0.468. The maximum atomic E-state index is 13.1. The number of hydrogen-bond acceptors (Lipinski definition) is 9. The number of hydrogen-bond donors (Lipinski definition) is 4. The number of nitrogen functional groups attached to an aromatic ring is 1. The van der Waals surface area contributed by atoms with Crippen LogP contribution in [-0.4, -0.2) is 59.7 Å². The summed E-state index contributed by atoms with van der Waals surface area (Å²) < 4.78 is 5.43. The molecular weight excluding hydrogens is 420 g/mol. The molecule has 1 atom stereocenters. The largest absolute Gasteiger partial charge is 0.383 e. The van der Waals surface area contributed by atoms with Crippen molar-refractivity contribution in [2.24, 2.45) is 5.73 Å². The summed E-state index contributed by atoms with van der Waals surface area (Å²) >= 11 is 0. The molecule has 6 N–H and O–H groups in total. The molecule has 4 heterocycles. The molecule has 2 aromatic heterocycles. The highest BCUT2D eigenvalue weighted by molar-refractivity contribution is 6.07. The van der Waals surface area contributed by atoms with Crippen molar-refractivity contribution in [1.82, 2.24) is 15.0 Å². The summed E-state index contributed by atoms with van der Waals surface area (Å²) in [5, 5.41) is 6.23. The van der Waals surface area contributed by atoms with E-state index in [1.54, 1.807) is 18.6 Å². The Balaban J connectivity index is 1.41. The molecule has 10 heteroatoms. The normalized spacial score (nSPS) is 17.7. The molecule has 33 heavy (non-hydrogen) atoms. The van der Waals surface area contributed by atoms with Crippen LogP contribution in [0.4, 0.5) is 22.9 Å². The first-order valence-corrected chi connectivity index (χ1v) is 10.9. The number of amides is 1. The highest BCUT2D eigenvalue weighted by Gasteiger charge is 2.21. The molecule has 0 spiro atoms. The van der Waals surface area contributed by atoms with Crippen LogP contribution < -0.4 is 27.0 Å². The Hall–Kier alpha value is -3.76. The maximum Gasteiger partial charge on any atom is 0.278 e. The van der Waals surface area contributed by atoms with Crippen molar-refractivity contribution >= 4 is 28.8 Å². The number of nitrogens with one attached hydrogen (secondary N) is 2. The number of rotatable bonds is 4. The van der Waals surface area contributed by atoms with E-state index in [1.165, 1.54) is 0 Å². The predicted molar refractivity (Wildman–Crippen MR) is 127 cm³/mol. The molecule has 170 valence electrons. The molecular formula is C23H26N8O2. The van der Waals surface area contributed by atoms with Gasteiger partial charge in [-0.3, -0.25) is 9.78 Å². The fraction of sp³-hybridized carbons (Fsp3) is 0.304. The number of pyridine rings is 1. The number of fused-ring (bicyclic) bond motifs is 1. The van der Waals surface area contributed by atoms with Crippen molar-refractivity contribution in [3.05, 3.63) is 54.1 Å². The lowest BCUT2D eigenvalue weighted by atomic mass is 9.97. The molecule has 1 unspecified atom stereocenters. The Morgan fingerprint density at radius 1 is 1.21 bits per heavy atom. The van der Waals surface area contributed by atoms with Crippen LogP contribution in [0, 0.1) is 0 Å². The van der Waals surface area contributed by atoms with Crippen molar-refractivity contribution in [1.29, 1.82) is 0 Å². The zero-order valence-corrected chi connectivity index (χ0v) is 18.1. The van der Waals surface area contributed by atoms with Gasteiger partial charge < -0.3 is 31.7 Å². The maximum absolute atomic E-state index is 13.1. The van der Waals surface area contributed by atoms with Gasteiger partial charge in [0.25, 0.3) is 5.91 Å². The van der Waals surface area contributed by atoms with Crippen LogP contribution in [0.2, 0.25) is 0 Å². The summed E-state index contributed by atoms with van der Waals surface area (Å²) in [5.41, 5.74) is 17.2. The van der Waals surface area contributed by atoms with Gasteiger partial charge in [-0.1, -0.05) is 6.07 Å². The summed E-state index contributed by atoms with van der Waals surface area (Å²) in [5.74, 6) is -0.374. The molecule has 1 amide bonds. The van der Waals surface area contributed by atoms with Gasteiger partial charge in [0.1, 0.15) is 0 Å². The third-order valence-corrected chi connectivity index (χ3v) is 5.85. The number of morpholine rings is 1. The van der Waals surface area contributed by atoms with Gasteiger partial charge in [0.05, 0.1) is 42.7 Å². The zero-order chi connectivity index (χ0) is 22.8. The molecule has 1 saturated heterocycles. The highest BCUT2D eigenvalue weighted by Crippen LogP contribution is 2.29. The summed E-state index contributed by atoms with van der Waals surface area (Å²) in [4.78, 5) is 28.2. The van der Waals surface area contributed by atoms with Gasteiger partial charge >= 0.3 is 0 Å². The standard InChI is InChI=1S/C23H26N8O2/c24-16-10-15-9-14(1-2-17(15)27-11-16)18-13-28-22(25)21(29-18)23(32)30-19-12-26-4-3-20(19)31-5-7-33-8-6-31/h1-4,9,12-13,16,27H,5-8,10-11,24H2,(H2,25,28)(H,30,32). The lowest BCUT2D eigenvalue weighted by Gasteiger charge is -2.30. The molecule has 0 aliphatic carbocycles. The molecule has 0 bridgehead atoms. The number of benzene rings is 1. The third-order valence-electron chi connectivity index (χ3n) is 5.85. The fourth-order valence-electron chi connectivity index (χ4n) is 4.14. The molecule has 3 aromatic rings. The number of anilines is 4. The fourth-order valence-corrected chi connectivity index (χ4v) is 4.14. The Labute approximate surface area is 191 Å². The van der Waals surface area contributed by atoms with Crippen molar-refractivity contribution in [2.75, 3.05) is 54.1 Å². The van der Waals surface area contributed by atoms with Crippen LogP contribution >= 0.6 is 0 Å². The van der Waals surface area contributed by atoms with Crippen LogP contribution in [0.1, 0.15) is 16.1 Å². The Morgan fingerprint density at radius 2 is 2.06 bits per heavy atom. The van der Waals surface area contributed by atoms with Gasteiger partial charge in [0, 0.05) is 43.1 Å². The molecule has 2 aliphatic rings. The predicted octanol–water partition coefficient (Wildman–Crippen LogP) is 1.50. The summed E-state index contributed by atoms with van der Waals surface area (Å²) in [6.07, 6.45) is 5.67. The van der Waals surface area contributed by atoms with Crippen LogP contribution in [0.15, 0.2) is 42.9 Å². The number of carbonyl (C=O) groups is 1. The average molecular weight is 447 g/mol. The van der Waals surface area contributed by atoms with E-state index in [1.807, 2.05) is 24.3 Å². The minimum Gasteiger partial charge on any atom is -0.383 e. The Bertz CT molecular complexity index is 1180. The molecule has 1 fully saturated rings. The van der Waals surface area contributed by atoms with E-state index in [-0.39, 0.29) is 17.6 Å². The second-order valence-electron chi connectivity index (χ2n) is 8.15. The van der Waals surface area contributed by atoms with Gasteiger partial charge in [0.15, 0.2) is 11.5 Å². The molecule has 1 aromatic carbocycles. The molecule has 10 nitrogen and oxygen atoms in total. The average Bonchev–Trinajstić information content (AvgIpc) is 2.84. The summed E-state index contributed by atoms with van der Waals surface area (Å²) in [6, 6.07) is 7.91.